The average molecular weight is 480 g/mol. The molecule has 13 heteroatoms. The fraction of sp³-hybridized carbons (Fsp3) is 0.222. The first kappa shape index (κ1) is 24.4. The van der Waals surface area contributed by atoms with Gasteiger partial charge in [0.2, 0.25) is 11.5 Å². The number of anilines is 3. The summed E-state index contributed by atoms with van der Waals surface area (Å²) in [6.45, 7) is 1.59. The van der Waals surface area contributed by atoms with Gasteiger partial charge < -0.3 is 15.7 Å². The van der Waals surface area contributed by atoms with E-state index in [4.69, 9.17) is 11.6 Å². The zero-order valence-electron chi connectivity index (χ0n) is 16.0. The summed E-state index contributed by atoms with van der Waals surface area (Å²) in [6.07, 6.45) is -5.23. The molecule has 2 amide bonds. The van der Waals surface area contributed by atoms with Gasteiger partial charge in [0.05, 0.1) is 15.6 Å². The van der Waals surface area contributed by atoms with E-state index < -0.39 is 27.7 Å². The number of benzene rings is 2. The second-order valence-electron chi connectivity index (χ2n) is 6.53. The second kappa shape index (κ2) is 8.73. The fourth-order valence-corrected chi connectivity index (χ4v) is 3.55. The highest BCUT2D eigenvalue weighted by Gasteiger charge is 2.55. The number of alkyl halides is 3. The maximum absolute atomic E-state index is 12.7. The van der Waals surface area contributed by atoms with Crippen molar-refractivity contribution >= 4 is 50.5 Å². The first-order valence-electron chi connectivity index (χ1n) is 8.44. The summed E-state index contributed by atoms with van der Waals surface area (Å²) in [5, 5.41) is 13.3. The molecular weight excluding hydrogens is 463 g/mol. The van der Waals surface area contributed by atoms with Crippen LogP contribution >= 0.6 is 11.6 Å². The number of carbonyl (C=O) groups is 2. The molecule has 8 nitrogen and oxygen atoms in total. The van der Waals surface area contributed by atoms with Crippen molar-refractivity contribution in [1.82, 2.24) is 0 Å². The Labute approximate surface area is 180 Å². The van der Waals surface area contributed by atoms with E-state index in [1.54, 1.807) is 0 Å². The quantitative estimate of drug-likeness (QED) is 0.505. The Hall–Kier alpha value is -2.83. The number of hydrogen-bond acceptors (Lipinski definition) is 5. The molecule has 0 heterocycles. The van der Waals surface area contributed by atoms with E-state index in [0.717, 1.165) is 18.2 Å². The van der Waals surface area contributed by atoms with Crippen LogP contribution in [0, 0.1) is 0 Å². The fourth-order valence-electron chi connectivity index (χ4n) is 2.18. The summed E-state index contributed by atoms with van der Waals surface area (Å²) < 4.78 is 65.6. The molecule has 0 saturated heterocycles. The van der Waals surface area contributed by atoms with Gasteiger partial charge in [-0.05, 0) is 49.4 Å². The van der Waals surface area contributed by atoms with Gasteiger partial charge in [0.15, 0.2) is 0 Å². The number of sulfonamides is 1. The van der Waals surface area contributed by atoms with Crippen LogP contribution in [-0.4, -0.2) is 37.1 Å². The van der Waals surface area contributed by atoms with E-state index in [2.05, 4.69) is 10.0 Å². The van der Waals surface area contributed by atoms with Gasteiger partial charge in [-0.2, -0.15) is 13.2 Å². The number of hydrogen-bond donors (Lipinski definition) is 4. The summed E-state index contributed by atoms with van der Waals surface area (Å²) in [4.78, 5) is 22.4. The van der Waals surface area contributed by atoms with Gasteiger partial charge in [0.25, 0.3) is 15.9 Å². The number of nitrogens with one attached hydrogen (secondary N) is 3. The van der Waals surface area contributed by atoms with Crippen LogP contribution in [0.4, 0.5) is 30.2 Å². The predicted octanol–water partition coefficient (Wildman–Crippen LogP) is 3.35. The third kappa shape index (κ3) is 5.87. The van der Waals surface area contributed by atoms with Crippen molar-refractivity contribution in [3.63, 3.8) is 0 Å². The Bertz CT molecular complexity index is 1100. The lowest BCUT2D eigenvalue weighted by atomic mass is 10.1. The van der Waals surface area contributed by atoms with Crippen LogP contribution < -0.4 is 15.4 Å². The third-order valence-electron chi connectivity index (χ3n) is 3.95. The van der Waals surface area contributed by atoms with Gasteiger partial charge >= 0.3 is 6.18 Å². The van der Waals surface area contributed by atoms with E-state index in [0.29, 0.717) is 5.69 Å². The minimum Gasteiger partial charge on any atom is -0.373 e. The molecule has 0 radical (unpaired) electrons. The number of rotatable bonds is 6. The van der Waals surface area contributed by atoms with Crippen LogP contribution in [-0.2, 0) is 19.6 Å². The number of aliphatic hydroxyl groups is 1. The lowest BCUT2D eigenvalue weighted by Gasteiger charge is -2.25. The highest BCUT2D eigenvalue weighted by atomic mass is 35.5. The highest BCUT2D eigenvalue weighted by Crippen LogP contribution is 2.33. The van der Waals surface area contributed by atoms with Crippen LogP contribution in [0.5, 0.6) is 0 Å². The Morgan fingerprint density at radius 1 is 1.00 bits per heavy atom. The Morgan fingerprint density at radius 2 is 1.55 bits per heavy atom. The number of carbonyl (C=O) groups excluding carboxylic acids is 2. The molecule has 0 bridgehead atoms. The minimum atomic E-state index is -5.23. The summed E-state index contributed by atoms with van der Waals surface area (Å²) in [5.74, 6) is -2.08. The van der Waals surface area contributed by atoms with Crippen LogP contribution in [0.1, 0.15) is 13.8 Å². The monoisotopic (exact) mass is 479 g/mol. The van der Waals surface area contributed by atoms with E-state index in [1.165, 1.54) is 31.2 Å². The summed E-state index contributed by atoms with van der Waals surface area (Å²) >= 11 is 5.91. The maximum Gasteiger partial charge on any atom is 0.426 e. The second-order valence-corrected chi connectivity index (χ2v) is 8.62. The topological polar surface area (TPSA) is 125 Å². The van der Waals surface area contributed by atoms with Gasteiger partial charge in [-0.3, -0.25) is 14.3 Å². The highest BCUT2D eigenvalue weighted by molar-refractivity contribution is 7.92. The summed E-state index contributed by atoms with van der Waals surface area (Å²) in [7, 11) is -4.13. The number of halogens is 4. The molecule has 0 spiro atoms. The molecule has 0 fully saturated rings. The third-order valence-corrected chi connectivity index (χ3v) is 5.64. The molecule has 0 aliphatic rings. The molecule has 1 atom stereocenters. The van der Waals surface area contributed by atoms with Crippen molar-refractivity contribution in [2.45, 2.75) is 30.5 Å². The molecule has 0 unspecified atom stereocenters. The zero-order valence-corrected chi connectivity index (χ0v) is 17.6. The summed E-state index contributed by atoms with van der Waals surface area (Å²) in [6, 6.07) is 8.66. The Morgan fingerprint density at radius 3 is 2.03 bits per heavy atom. The van der Waals surface area contributed by atoms with Gasteiger partial charge in [-0.1, -0.05) is 11.6 Å². The molecule has 2 aromatic rings. The molecule has 168 valence electrons. The van der Waals surface area contributed by atoms with Crippen LogP contribution in [0.3, 0.4) is 0 Å². The van der Waals surface area contributed by atoms with Crippen molar-refractivity contribution in [1.29, 1.82) is 0 Å². The first-order valence-corrected chi connectivity index (χ1v) is 10.3. The standard InChI is InChI=1S/C18H17ClF3N3O5S/c1-10(26)23-11-3-5-12(6-4-11)25-31(29,30)13-7-8-15(14(19)9-13)24-16(27)17(2,28)18(20,21)22/h3-9,25,28H,1-2H3,(H,23,26)(H,24,27)/t17-/m1/s1. The van der Waals surface area contributed by atoms with Crippen molar-refractivity contribution in [3.05, 3.63) is 47.5 Å². The molecule has 2 rings (SSSR count). The van der Waals surface area contributed by atoms with Crippen molar-refractivity contribution < 1.29 is 36.3 Å². The van der Waals surface area contributed by atoms with Gasteiger partial charge in [0.1, 0.15) is 0 Å². The van der Waals surface area contributed by atoms with Crippen LogP contribution in [0.25, 0.3) is 0 Å². The lowest BCUT2D eigenvalue weighted by molar-refractivity contribution is -0.242. The average Bonchev–Trinajstić information content (AvgIpc) is 2.63. The molecule has 0 aliphatic carbocycles. The van der Waals surface area contributed by atoms with E-state index >= 15 is 0 Å². The molecule has 2 aromatic carbocycles. The van der Waals surface area contributed by atoms with Crippen molar-refractivity contribution in [2.24, 2.45) is 0 Å². The van der Waals surface area contributed by atoms with Crippen molar-refractivity contribution in [2.75, 3.05) is 15.4 Å². The SMILES string of the molecule is CC(=O)Nc1ccc(NS(=O)(=O)c2ccc(NC(=O)[C@@](C)(O)C(F)(F)F)c(Cl)c2)cc1. The first-order chi connectivity index (χ1) is 14.1. The van der Waals surface area contributed by atoms with E-state index in [-0.39, 0.29) is 34.1 Å². The van der Waals surface area contributed by atoms with Crippen LogP contribution in [0.2, 0.25) is 5.02 Å². The largest absolute Gasteiger partial charge is 0.426 e. The van der Waals surface area contributed by atoms with Crippen molar-refractivity contribution in [3.8, 4) is 0 Å². The molecule has 31 heavy (non-hydrogen) atoms. The Kier molecular flexibility index (Phi) is 6.88. The zero-order chi connectivity index (χ0) is 23.6. The summed E-state index contributed by atoms with van der Waals surface area (Å²) in [5.41, 5.74) is -3.38. The molecule has 0 aliphatic heterocycles. The van der Waals surface area contributed by atoms with Gasteiger partial charge in [-0.25, -0.2) is 8.42 Å². The van der Waals surface area contributed by atoms with Gasteiger partial charge in [-0.15, -0.1) is 0 Å². The molecule has 4 N–H and O–H groups in total. The molecular formula is C18H17ClF3N3O5S. The minimum absolute atomic E-state index is 0.170. The smallest absolute Gasteiger partial charge is 0.373 e. The normalized spacial score (nSPS) is 13.8. The molecule has 0 aromatic heterocycles. The van der Waals surface area contributed by atoms with Crippen LogP contribution in [0.15, 0.2) is 47.4 Å². The Balaban J connectivity index is 2.19. The van der Waals surface area contributed by atoms with Gasteiger partial charge in [0, 0.05) is 18.3 Å². The predicted molar refractivity (Wildman–Crippen MR) is 108 cm³/mol. The number of amides is 2. The molecule has 0 saturated carbocycles. The van der Waals surface area contributed by atoms with E-state index in [1.807, 2.05) is 5.32 Å². The van der Waals surface area contributed by atoms with E-state index in [9.17, 15) is 36.3 Å². The maximum atomic E-state index is 12.7. The lowest BCUT2D eigenvalue weighted by Crippen LogP contribution is -2.52.